The van der Waals surface area contributed by atoms with Gasteiger partial charge in [0.25, 0.3) is 17.5 Å². The summed E-state index contributed by atoms with van der Waals surface area (Å²) >= 11 is 0. The lowest BCUT2D eigenvalue weighted by atomic mass is 10.1. The lowest BCUT2D eigenvalue weighted by molar-refractivity contribution is -0.384. The van der Waals surface area contributed by atoms with Crippen molar-refractivity contribution in [3.05, 3.63) is 75.5 Å². The van der Waals surface area contributed by atoms with Crippen LogP contribution in [0, 0.1) is 10.1 Å². The number of nitro groups is 1. The van der Waals surface area contributed by atoms with Crippen molar-refractivity contribution in [3.63, 3.8) is 0 Å². The molecule has 0 saturated heterocycles. The summed E-state index contributed by atoms with van der Waals surface area (Å²) in [6.45, 7) is 2.41. The van der Waals surface area contributed by atoms with E-state index in [4.69, 9.17) is 9.84 Å². The largest absolute Gasteiger partial charge is 0.494 e. The molecule has 0 bridgehead atoms. The number of carbonyl (C=O) groups is 2. The summed E-state index contributed by atoms with van der Waals surface area (Å²) < 4.78 is 5.57. The standard InChI is InChI=1S/C22H25N3O6/c1-2-3-14-31-19-10-6-17(7-11-19)21(27)24-20(22(28)23-12-13-26)15-16-4-8-18(9-5-16)25(29)30/h4-11,15,26H,2-3,12-14H2,1H3,(H,23,28)(H,24,27)/b20-15-. The smallest absolute Gasteiger partial charge is 0.269 e. The monoisotopic (exact) mass is 427 g/mol. The van der Waals surface area contributed by atoms with Crippen molar-refractivity contribution in [2.45, 2.75) is 19.8 Å². The molecule has 0 heterocycles. The van der Waals surface area contributed by atoms with Crippen LogP contribution in [0.2, 0.25) is 0 Å². The minimum absolute atomic E-state index is 0.0100. The second-order valence-electron chi connectivity index (χ2n) is 6.57. The van der Waals surface area contributed by atoms with E-state index in [0.717, 1.165) is 12.8 Å². The molecule has 0 spiro atoms. The maximum Gasteiger partial charge on any atom is 0.269 e. The van der Waals surface area contributed by atoms with Crippen molar-refractivity contribution in [2.75, 3.05) is 19.8 Å². The van der Waals surface area contributed by atoms with Crippen LogP contribution in [0.3, 0.4) is 0 Å². The number of ether oxygens (including phenoxy) is 1. The molecule has 2 aromatic carbocycles. The van der Waals surface area contributed by atoms with Gasteiger partial charge >= 0.3 is 0 Å². The van der Waals surface area contributed by atoms with Crippen molar-refractivity contribution in [1.82, 2.24) is 10.6 Å². The Hall–Kier alpha value is -3.72. The summed E-state index contributed by atoms with van der Waals surface area (Å²) in [4.78, 5) is 35.3. The first-order valence-electron chi connectivity index (χ1n) is 9.84. The van der Waals surface area contributed by atoms with Gasteiger partial charge in [-0.3, -0.25) is 19.7 Å². The molecule has 0 fully saturated rings. The van der Waals surface area contributed by atoms with Crippen LogP contribution in [-0.4, -0.2) is 41.6 Å². The minimum atomic E-state index is -0.597. The van der Waals surface area contributed by atoms with Crippen LogP contribution in [-0.2, 0) is 4.79 Å². The molecular formula is C22H25N3O6. The van der Waals surface area contributed by atoms with E-state index in [0.29, 0.717) is 23.5 Å². The van der Waals surface area contributed by atoms with Crippen LogP contribution >= 0.6 is 0 Å². The lowest BCUT2D eigenvalue weighted by Gasteiger charge is -2.11. The number of amides is 2. The third-order valence-corrected chi connectivity index (χ3v) is 4.19. The predicted molar refractivity (Wildman–Crippen MR) is 115 cm³/mol. The van der Waals surface area contributed by atoms with Gasteiger partial charge in [-0.1, -0.05) is 13.3 Å². The fraction of sp³-hybridized carbons (Fsp3) is 0.273. The first-order chi connectivity index (χ1) is 14.9. The van der Waals surface area contributed by atoms with Gasteiger partial charge in [0, 0.05) is 24.2 Å². The van der Waals surface area contributed by atoms with E-state index >= 15 is 0 Å². The summed E-state index contributed by atoms with van der Waals surface area (Å²) in [7, 11) is 0. The van der Waals surface area contributed by atoms with Crippen molar-refractivity contribution in [2.24, 2.45) is 0 Å². The third-order valence-electron chi connectivity index (χ3n) is 4.19. The molecule has 2 rings (SSSR count). The van der Waals surface area contributed by atoms with Gasteiger partial charge in [0.2, 0.25) is 0 Å². The van der Waals surface area contributed by atoms with Gasteiger partial charge in [0.15, 0.2) is 0 Å². The Morgan fingerprint density at radius 1 is 1.13 bits per heavy atom. The zero-order valence-electron chi connectivity index (χ0n) is 17.2. The molecule has 3 N–H and O–H groups in total. The number of nitrogens with one attached hydrogen (secondary N) is 2. The predicted octanol–water partition coefficient (Wildman–Crippen LogP) is 2.65. The van der Waals surface area contributed by atoms with Crippen LogP contribution in [0.25, 0.3) is 6.08 Å². The Labute approximate surface area is 179 Å². The van der Waals surface area contributed by atoms with Crippen molar-refractivity contribution < 1.29 is 24.4 Å². The summed E-state index contributed by atoms with van der Waals surface area (Å²) in [5.74, 6) is -0.458. The first-order valence-corrected chi connectivity index (χ1v) is 9.84. The minimum Gasteiger partial charge on any atom is -0.494 e. The summed E-state index contributed by atoms with van der Waals surface area (Å²) in [6, 6.07) is 12.1. The van der Waals surface area contributed by atoms with Gasteiger partial charge in [-0.15, -0.1) is 0 Å². The van der Waals surface area contributed by atoms with Gasteiger partial charge < -0.3 is 20.5 Å². The van der Waals surface area contributed by atoms with E-state index in [1.165, 1.54) is 30.3 Å². The Bertz CT molecular complexity index is 923. The lowest BCUT2D eigenvalue weighted by Crippen LogP contribution is -2.36. The van der Waals surface area contributed by atoms with E-state index in [-0.39, 0.29) is 24.5 Å². The van der Waals surface area contributed by atoms with E-state index in [9.17, 15) is 19.7 Å². The van der Waals surface area contributed by atoms with Crippen LogP contribution in [0.5, 0.6) is 5.75 Å². The number of benzene rings is 2. The van der Waals surface area contributed by atoms with Gasteiger partial charge in [-0.05, 0) is 54.5 Å². The van der Waals surface area contributed by atoms with E-state index in [1.807, 2.05) is 0 Å². The molecule has 0 aliphatic rings. The molecule has 0 atom stereocenters. The van der Waals surface area contributed by atoms with Crippen molar-refractivity contribution in [1.29, 1.82) is 0 Å². The van der Waals surface area contributed by atoms with E-state index < -0.39 is 16.7 Å². The molecule has 0 aliphatic carbocycles. The Morgan fingerprint density at radius 3 is 2.39 bits per heavy atom. The molecule has 2 aromatic rings. The number of unbranched alkanes of at least 4 members (excludes halogenated alkanes) is 1. The number of nitro benzene ring substituents is 1. The highest BCUT2D eigenvalue weighted by Crippen LogP contribution is 2.15. The summed E-state index contributed by atoms with van der Waals surface area (Å²) in [5, 5.41) is 24.8. The van der Waals surface area contributed by atoms with Crippen LogP contribution < -0.4 is 15.4 Å². The number of aliphatic hydroxyl groups is 1. The number of nitrogens with zero attached hydrogens (tertiary/aromatic N) is 1. The zero-order chi connectivity index (χ0) is 22.6. The maximum atomic E-state index is 12.6. The van der Waals surface area contributed by atoms with Crippen LogP contribution in [0.4, 0.5) is 5.69 Å². The Kier molecular flexibility index (Phi) is 9.18. The maximum absolute atomic E-state index is 12.6. The van der Waals surface area contributed by atoms with Crippen molar-refractivity contribution >= 4 is 23.6 Å². The SMILES string of the molecule is CCCCOc1ccc(C(=O)N/C(=C\c2ccc([N+](=O)[O-])cc2)C(=O)NCCO)cc1. The first kappa shape index (κ1) is 23.6. The molecule has 0 saturated carbocycles. The van der Waals surface area contributed by atoms with Crippen LogP contribution in [0.15, 0.2) is 54.2 Å². The number of carbonyl (C=O) groups excluding carboxylic acids is 2. The molecule has 164 valence electrons. The molecule has 9 nitrogen and oxygen atoms in total. The second kappa shape index (κ2) is 12.1. The van der Waals surface area contributed by atoms with Gasteiger partial charge in [-0.2, -0.15) is 0 Å². The van der Waals surface area contributed by atoms with E-state index in [1.54, 1.807) is 24.3 Å². The fourth-order valence-corrected chi connectivity index (χ4v) is 2.51. The van der Waals surface area contributed by atoms with Gasteiger partial charge in [0.05, 0.1) is 18.1 Å². The number of hydrogen-bond donors (Lipinski definition) is 3. The normalized spacial score (nSPS) is 11.0. The zero-order valence-corrected chi connectivity index (χ0v) is 17.2. The average molecular weight is 427 g/mol. The molecule has 0 aromatic heterocycles. The van der Waals surface area contributed by atoms with Crippen LogP contribution in [0.1, 0.15) is 35.7 Å². The summed E-state index contributed by atoms with van der Waals surface area (Å²) in [5.41, 5.74) is 0.663. The quantitative estimate of drug-likeness (QED) is 0.219. The summed E-state index contributed by atoms with van der Waals surface area (Å²) in [6.07, 6.45) is 3.35. The highest BCUT2D eigenvalue weighted by atomic mass is 16.6. The molecule has 0 unspecified atom stereocenters. The highest BCUT2D eigenvalue weighted by Gasteiger charge is 2.15. The van der Waals surface area contributed by atoms with Gasteiger partial charge in [0.1, 0.15) is 11.4 Å². The molecule has 0 aliphatic heterocycles. The molecule has 0 radical (unpaired) electrons. The number of aliphatic hydroxyl groups excluding tert-OH is 1. The number of rotatable bonds is 11. The van der Waals surface area contributed by atoms with Gasteiger partial charge in [-0.25, -0.2) is 0 Å². The van der Waals surface area contributed by atoms with Crippen molar-refractivity contribution in [3.8, 4) is 5.75 Å². The number of hydrogen-bond acceptors (Lipinski definition) is 6. The Balaban J connectivity index is 2.17. The fourth-order valence-electron chi connectivity index (χ4n) is 2.51. The highest BCUT2D eigenvalue weighted by molar-refractivity contribution is 6.05. The average Bonchev–Trinajstić information content (AvgIpc) is 2.78. The molecule has 9 heteroatoms. The Morgan fingerprint density at radius 2 is 1.81 bits per heavy atom. The molecule has 31 heavy (non-hydrogen) atoms. The second-order valence-corrected chi connectivity index (χ2v) is 6.57. The van der Waals surface area contributed by atoms with E-state index in [2.05, 4.69) is 17.6 Å². The topological polar surface area (TPSA) is 131 Å². The molecule has 2 amide bonds. The number of non-ortho nitro benzene ring substituents is 1. The molecular weight excluding hydrogens is 402 g/mol. The third kappa shape index (κ3) is 7.56.